The number of amides is 1. The molecule has 0 aliphatic carbocycles. The molecule has 7 nitrogen and oxygen atoms in total. The van der Waals surface area contributed by atoms with Crippen molar-refractivity contribution in [2.24, 2.45) is 5.73 Å². The first-order chi connectivity index (χ1) is 15.6. The molecule has 0 bridgehead atoms. The molecular weight excluding hydrogens is 402 g/mol. The normalized spacial score (nSPS) is 14.2. The summed E-state index contributed by atoms with van der Waals surface area (Å²) in [7, 11) is 2.12. The molecule has 2 aromatic heterocycles. The summed E-state index contributed by atoms with van der Waals surface area (Å²) in [5, 5.41) is 4.98. The molecule has 1 amide bonds. The fourth-order valence-electron chi connectivity index (χ4n) is 4.26. The second-order valence-corrected chi connectivity index (χ2v) is 8.20. The molecule has 0 radical (unpaired) electrons. The van der Waals surface area contributed by atoms with E-state index in [1.54, 1.807) is 18.4 Å². The Morgan fingerprint density at radius 1 is 1.12 bits per heavy atom. The number of aryl methyl sites for hydroxylation is 1. The van der Waals surface area contributed by atoms with Crippen LogP contribution in [0, 0.1) is 0 Å². The summed E-state index contributed by atoms with van der Waals surface area (Å²) in [4.78, 5) is 23.9. The lowest BCUT2D eigenvalue weighted by Gasteiger charge is -2.17. The summed E-state index contributed by atoms with van der Waals surface area (Å²) in [5.74, 6) is 1.39. The first-order valence-corrected chi connectivity index (χ1v) is 10.8. The number of carbonyl (C=O) groups is 1. The summed E-state index contributed by atoms with van der Waals surface area (Å²) in [6, 6.07) is 15.6. The Labute approximate surface area is 186 Å². The molecule has 0 saturated carbocycles. The Balaban J connectivity index is 1.60. The van der Waals surface area contributed by atoms with Crippen LogP contribution in [-0.4, -0.2) is 34.4 Å². The SMILES string of the molecule is CN1CCCc2nc(-c3occ4c(C(N)=O)cccc34)nc(NCc3ccccc3)c2C1. The quantitative estimate of drug-likeness (QED) is 0.500. The van der Waals surface area contributed by atoms with Gasteiger partial charge in [0.05, 0.1) is 11.3 Å². The van der Waals surface area contributed by atoms with Crippen molar-refractivity contribution in [1.29, 1.82) is 0 Å². The van der Waals surface area contributed by atoms with E-state index in [4.69, 9.17) is 20.1 Å². The van der Waals surface area contributed by atoms with Crippen LogP contribution in [0.1, 0.15) is 33.6 Å². The lowest BCUT2D eigenvalue weighted by atomic mass is 10.1. The lowest BCUT2D eigenvalue weighted by molar-refractivity contribution is 0.100. The number of primary amides is 1. The average molecular weight is 428 g/mol. The lowest BCUT2D eigenvalue weighted by Crippen LogP contribution is -2.19. The highest BCUT2D eigenvalue weighted by Gasteiger charge is 2.22. The third-order valence-electron chi connectivity index (χ3n) is 5.89. The average Bonchev–Trinajstić information content (AvgIpc) is 3.14. The zero-order chi connectivity index (χ0) is 22.1. The van der Waals surface area contributed by atoms with Crippen molar-refractivity contribution in [3.05, 3.63) is 77.2 Å². The third-order valence-corrected chi connectivity index (χ3v) is 5.89. The molecule has 0 unspecified atom stereocenters. The van der Waals surface area contributed by atoms with Crippen molar-refractivity contribution < 1.29 is 9.21 Å². The van der Waals surface area contributed by atoms with Gasteiger partial charge >= 0.3 is 0 Å². The minimum absolute atomic E-state index is 0.427. The van der Waals surface area contributed by atoms with E-state index in [0.717, 1.165) is 48.4 Å². The molecule has 32 heavy (non-hydrogen) atoms. The van der Waals surface area contributed by atoms with Gasteiger partial charge in [-0.25, -0.2) is 9.97 Å². The van der Waals surface area contributed by atoms with E-state index in [1.807, 2.05) is 24.3 Å². The molecule has 0 spiro atoms. The second kappa shape index (κ2) is 8.43. The summed E-state index contributed by atoms with van der Waals surface area (Å²) >= 11 is 0. The topological polar surface area (TPSA) is 97.3 Å². The highest BCUT2D eigenvalue weighted by Crippen LogP contribution is 2.33. The molecule has 3 N–H and O–H groups in total. The smallest absolute Gasteiger partial charge is 0.249 e. The van der Waals surface area contributed by atoms with Crippen molar-refractivity contribution in [3.8, 4) is 11.6 Å². The van der Waals surface area contributed by atoms with Gasteiger partial charge in [0.25, 0.3) is 0 Å². The van der Waals surface area contributed by atoms with Gasteiger partial charge in [-0.3, -0.25) is 4.79 Å². The van der Waals surface area contributed by atoms with Gasteiger partial charge in [0.1, 0.15) is 12.1 Å². The molecule has 0 fully saturated rings. The van der Waals surface area contributed by atoms with E-state index in [-0.39, 0.29) is 0 Å². The Hall–Kier alpha value is -3.71. The highest BCUT2D eigenvalue weighted by molar-refractivity contribution is 6.08. The molecule has 0 saturated heterocycles. The molecule has 1 aliphatic heterocycles. The number of furan rings is 1. The largest absolute Gasteiger partial charge is 0.460 e. The highest BCUT2D eigenvalue weighted by atomic mass is 16.3. The molecular formula is C25H25N5O2. The van der Waals surface area contributed by atoms with Crippen molar-refractivity contribution in [2.75, 3.05) is 18.9 Å². The number of fused-ring (bicyclic) bond motifs is 2. The van der Waals surface area contributed by atoms with E-state index in [1.165, 1.54) is 5.56 Å². The van der Waals surface area contributed by atoms with Gasteiger partial charge in [0.2, 0.25) is 5.91 Å². The maximum Gasteiger partial charge on any atom is 0.249 e. The summed E-state index contributed by atoms with van der Waals surface area (Å²) in [5.41, 5.74) is 9.30. The van der Waals surface area contributed by atoms with Gasteiger partial charge in [-0.15, -0.1) is 0 Å². The van der Waals surface area contributed by atoms with Crippen LogP contribution < -0.4 is 11.1 Å². The molecule has 162 valence electrons. The Kier molecular flexibility index (Phi) is 5.33. The number of rotatable bonds is 5. The number of nitrogens with two attached hydrogens (primary N) is 1. The first kappa shape index (κ1) is 20.2. The molecule has 7 heteroatoms. The standard InChI is InChI=1S/C25H25N5O2/c1-30-12-6-11-21-19(14-30)24(27-13-16-7-3-2-4-8-16)29-25(28-21)22-17-9-5-10-18(23(26)31)20(17)15-32-22/h2-5,7-10,15H,6,11-14H2,1H3,(H2,26,31)(H,27,28,29). The molecule has 5 rings (SSSR count). The molecule has 0 atom stereocenters. The summed E-state index contributed by atoms with van der Waals surface area (Å²) in [6.45, 7) is 2.46. The Morgan fingerprint density at radius 2 is 1.97 bits per heavy atom. The van der Waals surface area contributed by atoms with Gasteiger partial charge in [0, 0.05) is 29.4 Å². The molecule has 1 aliphatic rings. The number of nitrogens with zero attached hydrogens (tertiary/aromatic N) is 3. The number of hydrogen-bond acceptors (Lipinski definition) is 6. The zero-order valence-corrected chi connectivity index (χ0v) is 18.0. The van der Waals surface area contributed by atoms with Crippen LogP contribution in [0.15, 0.2) is 59.2 Å². The van der Waals surface area contributed by atoms with Crippen molar-refractivity contribution in [2.45, 2.75) is 25.9 Å². The number of carbonyl (C=O) groups excluding carboxylic acids is 1. The first-order valence-electron chi connectivity index (χ1n) is 10.8. The Bertz CT molecular complexity index is 1280. The second-order valence-electron chi connectivity index (χ2n) is 8.20. The van der Waals surface area contributed by atoms with E-state index < -0.39 is 5.91 Å². The number of nitrogens with one attached hydrogen (secondary N) is 1. The summed E-state index contributed by atoms with van der Waals surface area (Å²) < 4.78 is 5.88. The van der Waals surface area contributed by atoms with E-state index in [0.29, 0.717) is 29.1 Å². The fraction of sp³-hybridized carbons (Fsp3) is 0.240. The van der Waals surface area contributed by atoms with E-state index in [9.17, 15) is 4.79 Å². The molecule has 3 heterocycles. The minimum atomic E-state index is -0.487. The van der Waals surface area contributed by atoms with Crippen LogP contribution in [0.25, 0.3) is 22.4 Å². The minimum Gasteiger partial charge on any atom is -0.460 e. The maximum absolute atomic E-state index is 11.8. The van der Waals surface area contributed by atoms with Crippen molar-refractivity contribution in [3.63, 3.8) is 0 Å². The van der Waals surface area contributed by atoms with Crippen LogP contribution in [-0.2, 0) is 19.5 Å². The van der Waals surface area contributed by atoms with Crippen LogP contribution in [0.4, 0.5) is 5.82 Å². The van der Waals surface area contributed by atoms with Crippen molar-refractivity contribution >= 4 is 22.5 Å². The van der Waals surface area contributed by atoms with Crippen molar-refractivity contribution in [1.82, 2.24) is 14.9 Å². The number of aromatic nitrogens is 2. The number of hydrogen-bond donors (Lipinski definition) is 2. The molecule has 2 aromatic carbocycles. The summed E-state index contributed by atoms with van der Waals surface area (Å²) in [6.07, 6.45) is 3.47. The van der Waals surface area contributed by atoms with Crippen LogP contribution in [0.2, 0.25) is 0 Å². The Morgan fingerprint density at radius 3 is 2.78 bits per heavy atom. The van der Waals surface area contributed by atoms with E-state index in [2.05, 4.69) is 29.4 Å². The van der Waals surface area contributed by atoms with Gasteiger partial charge in [0.15, 0.2) is 11.6 Å². The number of benzene rings is 2. The van der Waals surface area contributed by atoms with E-state index >= 15 is 0 Å². The zero-order valence-electron chi connectivity index (χ0n) is 18.0. The van der Waals surface area contributed by atoms with Gasteiger partial charge < -0.3 is 20.4 Å². The monoisotopic (exact) mass is 427 g/mol. The van der Waals surface area contributed by atoms with Crippen LogP contribution >= 0.6 is 0 Å². The van der Waals surface area contributed by atoms with Crippen LogP contribution in [0.3, 0.4) is 0 Å². The van der Waals surface area contributed by atoms with Crippen LogP contribution in [0.5, 0.6) is 0 Å². The molecule has 4 aromatic rings. The maximum atomic E-state index is 11.8. The fourth-order valence-corrected chi connectivity index (χ4v) is 4.26. The van der Waals surface area contributed by atoms with Gasteiger partial charge in [-0.05, 0) is 38.1 Å². The predicted molar refractivity (Wildman–Crippen MR) is 124 cm³/mol. The predicted octanol–water partition coefficient (Wildman–Crippen LogP) is 3.98. The third kappa shape index (κ3) is 3.83. The number of anilines is 1. The van der Waals surface area contributed by atoms with Gasteiger partial charge in [-0.2, -0.15) is 0 Å². The van der Waals surface area contributed by atoms with Gasteiger partial charge in [-0.1, -0.05) is 42.5 Å².